The Morgan fingerprint density at radius 1 is 1.28 bits per heavy atom. The minimum Gasteiger partial charge on any atom is -0.493 e. The summed E-state index contributed by atoms with van der Waals surface area (Å²) in [5.74, 6) is 2.96. The van der Waals surface area contributed by atoms with E-state index < -0.39 is 0 Å². The van der Waals surface area contributed by atoms with Gasteiger partial charge in [-0.15, -0.1) is 0 Å². The molecule has 6 nitrogen and oxygen atoms in total. The predicted molar refractivity (Wildman–Crippen MR) is 89.3 cm³/mol. The van der Waals surface area contributed by atoms with Crippen molar-refractivity contribution < 1.29 is 14.1 Å². The molecule has 1 saturated heterocycles. The molecular weight excluding hydrogens is 318 g/mol. The van der Waals surface area contributed by atoms with Crippen molar-refractivity contribution in [1.82, 2.24) is 15.0 Å². The number of rotatable bonds is 4. The van der Waals surface area contributed by atoms with Gasteiger partial charge < -0.3 is 14.2 Å². The molecule has 0 bridgehead atoms. The number of amides is 1. The van der Waals surface area contributed by atoms with Crippen LogP contribution in [0.4, 0.5) is 0 Å². The number of benzene rings is 1. The monoisotopic (exact) mass is 339 g/mol. The highest BCUT2D eigenvalue weighted by Crippen LogP contribution is 2.40. The van der Waals surface area contributed by atoms with Gasteiger partial charge in [0.25, 0.3) is 0 Å². The summed E-state index contributed by atoms with van der Waals surface area (Å²) in [6, 6.07) is 6.03. The number of nitrogens with zero attached hydrogens (tertiary/aromatic N) is 3. The highest BCUT2D eigenvalue weighted by Gasteiger charge is 2.36. The molecule has 2 aliphatic heterocycles. The topological polar surface area (TPSA) is 68.5 Å². The number of ether oxygens (including phenoxy) is 1. The van der Waals surface area contributed by atoms with Gasteiger partial charge in [0, 0.05) is 18.9 Å². The number of hydrogen-bond acceptors (Lipinski definition) is 5. The number of carbonyl (C=O) groups is 1. The van der Waals surface area contributed by atoms with Gasteiger partial charge in [-0.05, 0) is 42.9 Å². The van der Waals surface area contributed by atoms with Gasteiger partial charge >= 0.3 is 0 Å². The van der Waals surface area contributed by atoms with Crippen molar-refractivity contribution in [3.05, 3.63) is 41.0 Å². The molecule has 2 fully saturated rings. The van der Waals surface area contributed by atoms with Crippen LogP contribution in [-0.4, -0.2) is 34.1 Å². The summed E-state index contributed by atoms with van der Waals surface area (Å²) in [5.41, 5.74) is 2.25. The zero-order valence-corrected chi connectivity index (χ0v) is 14.1. The number of carbonyl (C=O) groups excluding carboxylic acids is 1. The highest BCUT2D eigenvalue weighted by atomic mass is 16.5. The lowest BCUT2D eigenvalue weighted by Crippen LogP contribution is -2.32. The average Bonchev–Trinajstić information content (AvgIpc) is 3.06. The fourth-order valence-corrected chi connectivity index (χ4v) is 3.84. The maximum Gasteiger partial charge on any atom is 0.229 e. The van der Waals surface area contributed by atoms with E-state index in [1.807, 2.05) is 17.0 Å². The first kappa shape index (κ1) is 14.9. The summed E-state index contributed by atoms with van der Waals surface area (Å²) < 4.78 is 10.9. The van der Waals surface area contributed by atoms with Gasteiger partial charge in [-0.1, -0.05) is 17.3 Å². The third-order valence-electron chi connectivity index (χ3n) is 5.36. The fourth-order valence-electron chi connectivity index (χ4n) is 3.84. The second-order valence-corrected chi connectivity index (χ2v) is 7.23. The lowest BCUT2D eigenvalue weighted by atomic mass is 10.1. The molecule has 5 rings (SSSR count). The molecule has 3 aliphatic rings. The molecule has 1 aromatic carbocycles. The molecule has 1 aromatic heterocycles. The van der Waals surface area contributed by atoms with Crippen molar-refractivity contribution in [3.63, 3.8) is 0 Å². The van der Waals surface area contributed by atoms with Gasteiger partial charge in [-0.2, -0.15) is 4.98 Å². The van der Waals surface area contributed by atoms with E-state index in [4.69, 9.17) is 9.26 Å². The fraction of sp³-hybridized carbons (Fsp3) is 0.526. The molecule has 1 amide bonds. The Labute approximate surface area is 146 Å². The average molecular weight is 339 g/mol. The number of aromatic nitrogens is 2. The smallest absolute Gasteiger partial charge is 0.229 e. The second-order valence-electron chi connectivity index (χ2n) is 7.23. The molecule has 0 unspecified atom stereocenters. The van der Waals surface area contributed by atoms with Gasteiger partial charge in [0.2, 0.25) is 11.8 Å². The summed E-state index contributed by atoms with van der Waals surface area (Å²) in [4.78, 5) is 19.3. The Morgan fingerprint density at radius 2 is 2.20 bits per heavy atom. The third-order valence-corrected chi connectivity index (χ3v) is 5.36. The molecule has 0 spiro atoms. The van der Waals surface area contributed by atoms with Crippen LogP contribution in [0.3, 0.4) is 0 Å². The van der Waals surface area contributed by atoms with Crippen molar-refractivity contribution >= 4 is 5.91 Å². The molecule has 0 N–H and O–H groups in total. The zero-order chi connectivity index (χ0) is 16.8. The number of likely N-dealkylation sites (tertiary alicyclic amines) is 1. The molecule has 1 saturated carbocycles. The van der Waals surface area contributed by atoms with Crippen LogP contribution in [0.15, 0.2) is 22.7 Å². The van der Waals surface area contributed by atoms with Crippen molar-refractivity contribution in [2.75, 3.05) is 13.2 Å². The minimum atomic E-state index is -0.0403. The normalized spacial score (nSPS) is 22.1. The maximum atomic E-state index is 12.9. The van der Waals surface area contributed by atoms with E-state index in [0.29, 0.717) is 18.2 Å². The molecule has 0 radical (unpaired) electrons. The Balaban J connectivity index is 1.31. The van der Waals surface area contributed by atoms with Crippen LogP contribution in [0.5, 0.6) is 5.75 Å². The lowest BCUT2D eigenvalue weighted by molar-refractivity contribution is -0.131. The number of hydrogen-bond donors (Lipinski definition) is 0. The first-order valence-electron chi connectivity index (χ1n) is 9.15. The molecule has 1 aliphatic carbocycles. The molecule has 25 heavy (non-hydrogen) atoms. The second kappa shape index (κ2) is 5.86. The zero-order valence-electron chi connectivity index (χ0n) is 14.1. The van der Waals surface area contributed by atoms with Crippen LogP contribution in [0, 0.1) is 0 Å². The molecule has 1 atom stereocenters. The van der Waals surface area contributed by atoms with Crippen molar-refractivity contribution in [2.24, 2.45) is 0 Å². The van der Waals surface area contributed by atoms with E-state index in [1.54, 1.807) is 0 Å². The van der Waals surface area contributed by atoms with Crippen LogP contribution < -0.4 is 4.74 Å². The van der Waals surface area contributed by atoms with E-state index in [-0.39, 0.29) is 11.9 Å². The van der Waals surface area contributed by atoms with E-state index >= 15 is 0 Å². The molecule has 130 valence electrons. The van der Waals surface area contributed by atoms with Crippen LogP contribution in [-0.2, 0) is 17.6 Å². The lowest BCUT2D eigenvalue weighted by Gasteiger charge is -2.22. The van der Waals surface area contributed by atoms with Crippen molar-refractivity contribution in [2.45, 2.75) is 50.5 Å². The van der Waals surface area contributed by atoms with Crippen LogP contribution in [0.2, 0.25) is 0 Å². The van der Waals surface area contributed by atoms with E-state index in [9.17, 15) is 4.79 Å². The summed E-state index contributed by atoms with van der Waals surface area (Å²) in [6.07, 6.45) is 5.51. The standard InChI is InChI=1S/C19H21N3O3/c23-17(11-12-3-6-16-14(10-12)7-9-24-16)22-8-1-2-15(22)18-20-19(25-21-18)13-4-5-13/h3,6,10,13,15H,1-2,4-5,7-9,11H2/t15-/m0/s1. The molecule has 2 aromatic rings. The quantitative estimate of drug-likeness (QED) is 0.857. The Bertz CT molecular complexity index is 812. The number of fused-ring (bicyclic) bond motifs is 1. The Hall–Kier alpha value is -2.37. The summed E-state index contributed by atoms with van der Waals surface area (Å²) in [7, 11) is 0. The van der Waals surface area contributed by atoms with Gasteiger partial charge in [0.1, 0.15) is 5.75 Å². The SMILES string of the molecule is O=C(Cc1ccc2c(c1)CCO2)N1CCC[C@H]1c1noc(C2CC2)n1. The van der Waals surface area contributed by atoms with E-state index in [1.165, 1.54) is 5.56 Å². The Kier molecular flexibility index (Phi) is 3.50. The van der Waals surface area contributed by atoms with E-state index in [2.05, 4.69) is 16.2 Å². The maximum absolute atomic E-state index is 12.9. The highest BCUT2D eigenvalue weighted by molar-refractivity contribution is 5.79. The van der Waals surface area contributed by atoms with Crippen molar-refractivity contribution in [3.8, 4) is 5.75 Å². The summed E-state index contributed by atoms with van der Waals surface area (Å²) in [6.45, 7) is 1.51. The van der Waals surface area contributed by atoms with Crippen LogP contribution in [0.25, 0.3) is 0 Å². The molecule has 6 heteroatoms. The van der Waals surface area contributed by atoms with Crippen LogP contribution >= 0.6 is 0 Å². The minimum absolute atomic E-state index is 0.0403. The van der Waals surface area contributed by atoms with E-state index in [0.717, 1.165) is 62.5 Å². The van der Waals surface area contributed by atoms with Crippen molar-refractivity contribution in [1.29, 1.82) is 0 Å². The molecule has 3 heterocycles. The predicted octanol–water partition coefficient (Wildman–Crippen LogP) is 2.79. The largest absolute Gasteiger partial charge is 0.493 e. The van der Waals surface area contributed by atoms with Crippen LogP contribution in [0.1, 0.15) is 60.5 Å². The summed E-state index contributed by atoms with van der Waals surface area (Å²) in [5, 5.41) is 4.15. The van der Waals surface area contributed by atoms with Gasteiger partial charge in [-0.25, -0.2) is 0 Å². The van der Waals surface area contributed by atoms with Gasteiger partial charge in [0.05, 0.1) is 19.1 Å². The first-order chi connectivity index (χ1) is 12.3. The Morgan fingerprint density at radius 3 is 3.08 bits per heavy atom. The third kappa shape index (κ3) is 2.79. The molecular formula is C19H21N3O3. The first-order valence-corrected chi connectivity index (χ1v) is 9.15. The summed E-state index contributed by atoms with van der Waals surface area (Å²) >= 11 is 0. The van der Waals surface area contributed by atoms with Gasteiger partial charge in [-0.3, -0.25) is 4.79 Å². The van der Waals surface area contributed by atoms with Gasteiger partial charge in [0.15, 0.2) is 5.82 Å².